The molecule has 0 amide bonds. The van der Waals surface area contributed by atoms with Gasteiger partial charge < -0.3 is 15.4 Å². The van der Waals surface area contributed by atoms with Crippen LogP contribution in [-0.2, 0) is 9.59 Å². The van der Waals surface area contributed by atoms with Crippen LogP contribution in [0.5, 0.6) is 0 Å². The van der Waals surface area contributed by atoms with E-state index in [0.717, 1.165) is 12.8 Å². The molecule has 0 aliphatic heterocycles. The summed E-state index contributed by atoms with van der Waals surface area (Å²) in [6.45, 7) is 13.0. The molecule has 0 bridgehead atoms. The molecule has 0 atom stereocenters. The van der Waals surface area contributed by atoms with E-state index in [9.17, 15) is 9.59 Å². The first-order valence-electron chi connectivity index (χ1n) is 6.60. The number of hydrogen-bond acceptors (Lipinski definition) is 4. The summed E-state index contributed by atoms with van der Waals surface area (Å²) in [7, 11) is 0. The van der Waals surface area contributed by atoms with E-state index in [-0.39, 0.29) is 5.78 Å². The predicted molar refractivity (Wildman–Crippen MR) is 74.7 cm³/mol. The number of hydrogen-bond donors (Lipinski definition) is 2. The molecule has 0 fully saturated rings. The number of carbonyl (C=O) groups is 2. The summed E-state index contributed by atoms with van der Waals surface area (Å²) in [5.74, 6) is 0.682. The minimum absolute atomic E-state index is 0.164. The molecule has 4 nitrogen and oxygen atoms in total. The number of rotatable bonds is 9. The van der Waals surface area contributed by atoms with Crippen molar-refractivity contribution in [1.82, 2.24) is 10.6 Å². The Bertz CT molecular complexity index is 284. The van der Waals surface area contributed by atoms with Crippen molar-refractivity contribution in [2.75, 3.05) is 13.1 Å². The van der Waals surface area contributed by atoms with Gasteiger partial charge >= 0.3 is 0 Å². The Hall–Kier alpha value is -0.740. The topological polar surface area (TPSA) is 58.2 Å². The molecule has 0 saturated carbocycles. The van der Waals surface area contributed by atoms with Gasteiger partial charge in [0, 0.05) is 13.0 Å². The molecule has 0 aromatic carbocycles. The van der Waals surface area contributed by atoms with Crippen molar-refractivity contribution in [3.05, 3.63) is 0 Å². The fourth-order valence-corrected chi connectivity index (χ4v) is 1.41. The van der Waals surface area contributed by atoms with Gasteiger partial charge in [0.05, 0.1) is 11.1 Å². The van der Waals surface area contributed by atoms with E-state index in [0.29, 0.717) is 18.9 Å². The maximum Gasteiger partial charge on any atom is 0.153 e. The zero-order valence-corrected chi connectivity index (χ0v) is 12.6. The minimum Gasteiger partial charge on any atom is -0.305 e. The highest BCUT2D eigenvalue weighted by Crippen LogP contribution is 2.08. The van der Waals surface area contributed by atoms with E-state index in [2.05, 4.69) is 24.5 Å². The van der Waals surface area contributed by atoms with Crippen LogP contribution in [0.25, 0.3) is 0 Å². The highest BCUT2D eigenvalue weighted by atomic mass is 16.1. The molecule has 0 rings (SSSR count). The van der Waals surface area contributed by atoms with Gasteiger partial charge in [0.1, 0.15) is 6.29 Å². The number of nitrogens with one attached hydrogen (secondary N) is 2. The summed E-state index contributed by atoms with van der Waals surface area (Å²) in [5, 5.41) is 6.33. The second kappa shape index (κ2) is 7.00. The van der Waals surface area contributed by atoms with Gasteiger partial charge in [-0.25, -0.2) is 0 Å². The van der Waals surface area contributed by atoms with Crippen LogP contribution in [0.15, 0.2) is 0 Å². The molecule has 0 radical (unpaired) electrons. The highest BCUT2D eigenvalue weighted by molar-refractivity contribution is 5.87. The lowest BCUT2D eigenvalue weighted by Crippen LogP contribution is -2.50. The first-order chi connectivity index (χ1) is 8.10. The fraction of sp³-hybridized carbons (Fsp3) is 0.857. The maximum atomic E-state index is 12.1. The molecule has 2 N–H and O–H groups in total. The highest BCUT2D eigenvalue weighted by Gasteiger charge is 2.26. The van der Waals surface area contributed by atoms with Gasteiger partial charge in [0.25, 0.3) is 0 Å². The third-order valence-corrected chi connectivity index (χ3v) is 2.88. The zero-order chi connectivity index (χ0) is 14.4. The Morgan fingerprint density at radius 2 is 1.72 bits per heavy atom. The van der Waals surface area contributed by atoms with Crippen molar-refractivity contribution in [3.8, 4) is 0 Å². The van der Waals surface area contributed by atoms with Crippen LogP contribution in [-0.4, -0.2) is 36.2 Å². The van der Waals surface area contributed by atoms with E-state index < -0.39 is 11.1 Å². The van der Waals surface area contributed by atoms with E-state index in [1.807, 2.05) is 13.8 Å². The smallest absolute Gasteiger partial charge is 0.153 e. The van der Waals surface area contributed by atoms with Gasteiger partial charge in [-0.2, -0.15) is 0 Å². The fourth-order valence-electron chi connectivity index (χ4n) is 1.41. The standard InChI is InChI=1S/C14H28N2O2/c1-11(2)9-16-14(5,6)12(18)7-8-15-13(3,4)10-17/h10-11,15-16H,7-9H2,1-6H3. The Balaban J connectivity index is 4.11. The second-order valence-corrected chi connectivity index (χ2v) is 6.34. The van der Waals surface area contributed by atoms with Gasteiger partial charge in [-0.3, -0.25) is 4.79 Å². The predicted octanol–water partition coefficient (Wildman–Crippen LogP) is 1.54. The summed E-state index contributed by atoms with van der Waals surface area (Å²) in [6, 6.07) is 0. The van der Waals surface area contributed by atoms with Gasteiger partial charge in [-0.1, -0.05) is 13.8 Å². The third-order valence-electron chi connectivity index (χ3n) is 2.88. The third kappa shape index (κ3) is 6.87. The Kier molecular flexibility index (Phi) is 6.71. The first kappa shape index (κ1) is 17.3. The summed E-state index contributed by atoms with van der Waals surface area (Å²) in [6.07, 6.45) is 1.29. The molecule has 18 heavy (non-hydrogen) atoms. The van der Waals surface area contributed by atoms with Gasteiger partial charge in [0.2, 0.25) is 0 Å². The first-order valence-corrected chi connectivity index (χ1v) is 6.60. The molecular weight excluding hydrogens is 228 g/mol. The number of carbonyl (C=O) groups excluding carboxylic acids is 2. The molecule has 0 unspecified atom stereocenters. The molecule has 0 aliphatic rings. The summed E-state index contributed by atoms with van der Waals surface area (Å²) < 4.78 is 0. The minimum atomic E-state index is -0.560. The van der Waals surface area contributed by atoms with Crippen molar-refractivity contribution in [2.45, 2.75) is 59.0 Å². The zero-order valence-electron chi connectivity index (χ0n) is 12.6. The lowest BCUT2D eigenvalue weighted by molar-refractivity contribution is -0.124. The van der Waals surface area contributed by atoms with E-state index in [1.54, 1.807) is 13.8 Å². The average Bonchev–Trinajstić information content (AvgIpc) is 2.26. The van der Waals surface area contributed by atoms with E-state index in [1.165, 1.54) is 0 Å². The summed E-state index contributed by atoms with van der Waals surface area (Å²) in [5.41, 5.74) is -1.06. The van der Waals surface area contributed by atoms with Crippen molar-refractivity contribution in [3.63, 3.8) is 0 Å². The largest absolute Gasteiger partial charge is 0.305 e. The molecule has 0 heterocycles. The second-order valence-electron chi connectivity index (χ2n) is 6.34. The number of ketones is 1. The monoisotopic (exact) mass is 256 g/mol. The molecule has 0 aliphatic carbocycles. The van der Waals surface area contributed by atoms with Crippen molar-refractivity contribution >= 4 is 12.1 Å². The van der Waals surface area contributed by atoms with Crippen LogP contribution < -0.4 is 10.6 Å². The molecule has 4 heteroatoms. The summed E-state index contributed by atoms with van der Waals surface area (Å²) >= 11 is 0. The average molecular weight is 256 g/mol. The van der Waals surface area contributed by atoms with Crippen LogP contribution in [0, 0.1) is 5.92 Å². The van der Waals surface area contributed by atoms with Crippen LogP contribution >= 0.6 is 0 Å². The van der Waals surface area contributed by atoms with Crippen molar-refractivity contribution < 1.29 is 9.59 Å². The lowest BCUT2D eigenvalue weighted by atomic mass is 9.95. The molecular formula is C14H28N2O2. The SMILES string of the molecule is CC(C)CNC(C)(C)C(=O)CCNC(C)(C)C=O. The normalized spacial score (nSPS) is 12.8. The van der Waals surface area contributed by atoms with Crippen LogP contribution in [0.4, 0.5) is 0 Å². The maximum absolute atomic E-state index is 12.1. The quantitative estimate of drug-likeness (QED) is 0.614. The molecule has 0 aromatic rings. The molecule has 0 saturated heterocycles. The van der Waals surface area contributed by atoms with Crippen molar-refractivity contribution in [2.24, 2.45) is 5.92 Å². The van der Waals surface area contributed by atoms with Gasteiger partial charge in [-0.05, 0) is 40.2 Å². The van der Waals surface area contributed by atoms with Gasteiger partial charge in [-0.15, -0.1) is 0 Å². The molecule has 0 aromatic heterocycles. The molecule has 106 valence electrons. The van der Waals surface area contributed by atoms with E-state index in [4.69, 9.17) is 0 Å². The van der Waals surface area contributed by atoms with Crippen LogP contribution in [0.2, 0.25) is 0 Å². The Labute approximate surface area is 111 Å². The number of aldehydes is 1. The number of Topliss-reactive ketones (excluding diaryl/α,β-unsaturated/α-hetero) is 1. The van der Waals surface area contributed by atoms with E-state index >= 15 is 0 Å². The van der Waals surface area contributed by atoms with Crippen LogP contribution in [0.3, 0.4) is 0 Å². The molecule has 0 spiro atoms. The Morgan fingerprint density at radius 1 is 1.17 bits per heavy atom. The Morgan fingerprint density at radius 3 is 2.17 bits per heavy atom. The van der Waals surface area contributed by atoms with Crippen molar-refractivity contribution in [1.29, 1.82) is 0 Å². The van der Waals surface area contributed by atoms with Gasteiger partial charge in [0.15, 0.2) is 5.78 Å². The van der Waals surface area contributed by atoms with Crippen LogP contribution in [0.1, 0.15) is 48.0 Å². The lowest BCUT2D eigenvalue weighted by Gasteiger charge is -2.27. The summed E-state index contributed by atoms with van der Waals surface area (Å²) in [4.78, 5) is 22.8.